The van der Waals surface area contributed by atoms with Crippen molar-refractivity contribution in [3.63, 3.8) is 0 Å². The third-order valence-electron chi connectivity index (χ3n) is 6.00. The number of benzene rings is 1. The lowest BCUT2D eigenvalue weighted by Gasteiger charge is -2.10. The van der Waals surface area contributed by atoms with E-state index in [1.54, 1.807) is 0 Å². The fourth-order valence-electron chi connectivity index (χ4n) is 4.02. The molecule has 0 aliphatic rings. The maximum atomic E-state index is 12.3. The Morgan fingerprint density at radius 1 is 0.643 bits per heavy atom. The summed E-state index contributed by atoms with van der Waals surface area (Å²) in [6.45, 7) is 4.37. The van der Waals surface area contributed by atoms with E-state index in [-0.39, 0.29) is 5.92 Å². The molecule has 0 radical (unpaired) electrons. The fraction of sp³-hybridized carbons (Fsp3) is 0.741. The van der Waals surface area contributed by atoms with E-state index in [1.807, 2.05) is 30.3 Å². The van der Waals surface area contributed by atoms with Gasteiger partial charge in [0.1, 0.15) is 0 Å². The van der Waals surface area contributed by atoms with Crippen LogP contribution in [0.1, 0.15) is 133 Å². The fourth-order valence-corrected chi connectivity index (χ4v) is 4.02. The van der Waals surface area contributed by atoms with Crippen molar-refractivity contribution in [3.8, 4) is 0 Å². The van der Waals surface area contributed by atoms with Crippen LogP contribution >= 0.6 is 0 Å². The third kappa shape index (κ3) is 13.1. The Bertz CT molecular complexity index is 464. The van der Waals surface area contributed by atoms with Crippen LogP contribution < -0.4 is 0 Å². The van der Waals surface area contributed by atoms with Crippen LogP contribution in [0.5, 0.6) is 0 Å². The van der Waals surface area contributed by atoms with E-state index in [9.17, 15) is 4.79 Å². The Morgan fingerprint density at radius 3 is 1.46 bits per heavy atom. The van der Waals surface area contributed by atoms with Gasteiger partial charge >= 0.3 is 0 Å². The van der Waals surface area contributed by atoms with Gasteiger partial charge in [0.05, 0.1) is 0 Å². The van der Waals surface area contributed by atoms with Crippen LogP contribution in [0.2, 0.25) is 0 Å². The van der Waals surface area contributed by atoms with E-state index in [4.69, 9.17) is 0 Å². The molecule has 0 saturated carbocycles. The maximum absolute atomic E-state index is 12.3. The smallest absolute Gasteiger partial charge is 0.165 e. The van der Waals surface area contributed by atoms with Crippen LogP contribution in [-0.4, -0.2) is 5.78 Å². The molecule has 1 nitrogen and oxygen atoms in total. The van der Waals surface area contributed by atoms with E-state index in [1.165, 1.54) is 103 Å². The summed E-state index contributed by atoms with van der Waals surface area (Å²) in [5.74, 6) is 0.468. The van der Waals surface area contributed by atoms with Gasteiger partial charge in [-0.3, -0.25) is 4.79 Å². The first-order valence-electron chi connectivity index (χ1n) is 12.3. The number of carbonyl (C=O) groups excluding carboxylic acids is 1. The molecule has 0 aliphatic carbocycles. The summed E-state index contributed by atoms with van der Waals surface area (Å²) in [4.78, 5) is 12.3. The van der Waals surface area contributed by atoms with E-state index < -0.39 is 0 Å². The predicted octanol–water partition coefficient (Wildman–Crippen LogP) is 9.16. The summed E-state index contributed by atoms with van der Waals surface area (Å²) in [5, 5.41) is 0. The highest BCUT2D eigenvalue weighted by Gasteiger charge is 2.13. The summed E-state index contributed by atoms with van der Waals surface area (Å²) in [6, 6.07) is 9.75. The van der Waals surface area contributed by atoms with Crippen molar-refractivity contribution in [1.29, 1.82) is 0 Å². The highest BCUT2D eigenvalue weighted by atomic mass is 16.1. The van der Waals surface area contributed by atoms with Gasteiger partial charge in [0.2, 0.25) is 0 Å². The molecule has 1 aromatic rings. The van der Waals surface area contributed by atoms with Crippen LogP contribution in [-0.2, 0) is 0 Å². The lowest BCUT2D eigenvalue weighted by atomic mass is 9.94. The van der Waals surface area contributed by atoms with Crippen molar-refractivity contribution >= 4 is 5.78 Å². The number of carbonyl (C=O) groups is 1. The van der Waals surface area contributed by atoms with Gasteiger partial charge in [-0.05, 0) is 6.42 Å². The van der Waals surface area contributed by atoms with Gasteiger partial charge in [0, 0.05) is 11.5 Å². The normalized spacial score (nSPS) is 12.2. The minimum Gasteiger partial charge on any atom is -0.294 e. The molecule has 0 saturated heterocycles. The van der Waals surface area contributed by atoms with Gasteiger partial charge in [-0.25, -0.2) is 0 Å². The molecule has 0 amide bonds. The molecule has 0 spiro atoms. The highest BCUT2D eigenvalue weighted by Crippen LogP contribution is 2.17. The van der Waals surface area contributed by atoms with Gasteiger partial charge in [0.25, 0.3) is 0 Å². The SMILES string of the molecule is CCCCCCCCCCCCCCCCCCC(C)C(=O)c1ccccc1. The topological polar surface area (TPSA) is 17.1 Å². The van der Waals surface area contributed by atoms with E-state index in [0.717, 1.165) is 12.0 Å². The Labute approximate surface area is 175 Å². The maximum Gasteiger partial charge on any atom is 0.165 e. The first kappa shape index (κ1) is 24.9. The second-order valence-electron chi connectivity index (χ2n) is 8.72. The molecule has 0 aromatic heterocycles. The lowest BCUT2D eigenvalue weighted by molar-refractivity contribution is 0.0922. The molecular formula is C27H46O. The Balaban J connectivity index is 1.82. The van der Waals surface area contributed by atoms with Crippen LogP contribution in [0.3, 0.4) is 0 Å². The van der Waals surface area contributed by atoms with E-state index in [0.29, 0.717) is 5.78 Å². The summed E-state index contributed by atoms with van der Waals surface area (Å²) in [5.41, 5.74) is 0.867. The van der Waals surface area contributed by atoms with Gasteiger partial charge < -0.3 is 0 Å². The van der Waals surface area contributed by atoms with E-state index in [2.05, 4.69) is 13.8 Å². The second kappa shape index (κ2) is 18.0. The molecule has 1 heteroatoms. The van der Waals surface area contributed by atoms with Gasteiger partial charge in [-0.15, -0.1) is 0 Å². The molecule has 0 N–H and O–H groups in total. The van der Waals surface area contributed by atoms with Crippen molar-refractivity contribution in [3.05, 3.63) is 35.9 Å². The number of hydrogen-bond donors (Lipinski definition) is 0. The zero-order chi connectivity index (χ0) is 20.3. The summed E-state index contributed by atoms with van der Waals surface area (Å²) in [7, 11) is 0. The number of rotatable bonds is 19. The third-order valence-corrected chi connectivity index (χ3v) is 6.00. The van der Waals surface area contributed by atoms with Crippen LogP contribution in [0.15, 0.2) is 30.3 Å². The number of ketones is 1. The van der Waals surface area contributed by atoms with Crippen molar-refractivity contribution in [2.75, 3.05) is 0 Å². The van der Waals surface area contributed by atoms with Crippen LogP contribution in [0.4, 0.5) is 0 Å². The first-order valence-corrected chi connectivity index (χ1v) is 12.3. The molecule has 0 aliphatic heterocycles. The van der Waals surface area contributed by atoms with Crippen LogP contribution in [0.25, 0.3) is 0 Å². The average Bonchev–Trinajstić information content (AvgIpc) is 2.73. The molecule has 160 valence electrons. The summed E-state index contributed by atoms with van der Waals surface area (Å²) in [6.07, 6.45) is 23.4. The Kier molecular flexibility index (Phi) is 16.0. The summed E-state index contributed by atoms with van der Waals surface area (Å²) >= 11 is 0. The van der Waals surface area contributed by atoms with Crippen LogP contribution in [0, 0.1) is 5.92 Å². The Morgan fingerprint density at radius 2 is 1.04 bits per heavy atom. The molecule has 0 heterocycles. The van der Waals surface area contributed by atoms with Gasteiger partial charge in [-0.2, -0.15) is 0 Å². The standard InChI is InChI=1S/C27H46O/c1-3-4-5-6-7-8-9-10-11-12-13-14-15-16-17-19-22-25(2)27(28)26-23-20-18-21-24-26/h18,20-21,23-25H,3-17,19,22H2,1-2H3. The van der Waals surface area contributed by atoms with Crippen molar-refractivity contribution in [2.45, 2.75) is 123 Å². The van der Waals surface area contributed by atoms with Crippen molar-refractivity contribution in [1.82, 2.24) is 0 Å². The Hall–Kier alpha value is -1.11. The monoisotopic (exact) mass is 386 g/mol. The number of unbranched alkanes of at least 4 members (excludes halogenated alkanes) is 15. The minimum atomic E-state index is 0.161. The number of Topliss-reactive ketones (excluding diaryl/α,β-unsaturated/α-hetero) is 1. The molecule has 0 fully saturated rings. The molecule has 1 aromatic carbocycles. The average molecular weight is 387 g/mol. The molecule has 28 heavy (non-hydrogen) atoms. The largest absolute Gasteiger partial charge is 0.294 e. The highest BCUT2D eigenvalue weighted by molar-refractivity contribution is 5.97. The van der Waals surface area contributed by atoms with Gasteiger partial charge in [-0.1, -0.05) is 147 Å². The lowest BCUT2D eigenvalue weighted by Crippen LogP contribution is -2.11. The molecule has 1 rings (SSSR count). The quantitative estimate of drug-likeness (QED) is 0.171. The first-order chi connectivity index (χ1) is 13.8. The minimum absolute atomic E-state index is 0.161. The zero-order valence-electron chi connectivity index (χ0n) is 18.9. The molecule has 1 unspecified atom stereocenters. The predicted molar refractivity (Wildman–Crippen MR) is 124 cm³/mol. The molecular weight excluding hydrogens is 340 g/mol. The second-order valence-corrected chi connectivity index (χ2v) is 8.72. The van der Waals surface area contributed by atoms with Crippen molar-refractivity contribution in [2.24, 2.45) is 5.92 Å². The zero-order valence-corrected chi connectivity index (χ0v) is 18.9. The van der Waals surface area contributed by atoms with E-state index >= 15 is 0 Å². The molecule has 1 atom stereocenters. The number of hydrogen-bond acceptors (Lipinski definition) is 1. The molecule has 0 bridgehead atoms. The van der Waals surface area contributed by atoms with Crippen molar-refractivity contribution < 1.29 is 4.79 Å². The summed E-state index contributed by atoms with van der Waals surface area (Å²) < 4.78 is 0. The van der Waals surface area contributed by atoms with Gasteiger partial charge in [0.15, 0.2) is 5.78 Å².